The van der Waals surface area contributed by atoms with Gasteiger partial charge in [-0.15, -0.1) is 0 Å². The quantitative estimate of drug-likeness (QED) is 0.830. The first-order chi connectivity index (χ1) is 8.35. The zero-order chi connectivity index (χ0) is 13.6. The number of benzene rings is 1. The molecule has 0 radical (unpaired) electrons. The molecule has 2 atom stereocenters. The largest absolute Gasteiger partial charge is 0.222 e. The van der Waals surface area contributed by atoms with Crippen molar-refractivity contribution in [1.29, 1.82) is 5.26 Å². The van der Waals surface area contributed by atoms with Crippen molar-refractivity contribution in [3.05, 3.63) is 29.8 Å². The zero-order valence-corrected chi connectivity index (χ0v) is 10.5. The van der Waals surface area contributed by atoms with Crippen molar-refractivity contribution >= 4 is 9.84 Å². The predicted octanol–water partition coefficient (Wildman–Crippen LogP) is 2.43. The fourth-order valence-electron chi connectivity index (χ4n) is 2.20. The standard InChI is InChI=1S/C12H11F2NO2S/c1-8-4-5-12(8,7-15)18(16,17)11-6-9(13)2-3-10(11)14/h2-3,6,8H,4-5H2,1H3. The van der Waals surface area contributed by atoms with Gasteiger partial charge < -0.3 is 0 Å². The van der Waals surface area contributed by atoms with E-state index in [-0.39, 0.29) is 12.3 Å². The molecule has 0 bridgehead atoms. The molecule has 3 nitrogen and oxygen atoms in total. The van der Waals surface area contributed by atoms with E-state index in [9.17, 15) is 17.2 Å². The first kappa shape index (κ1) is 13.0. The minimum absolute atomic E-state index is 0.156. The third kappa shape index (κ3) is 1.54. The van der Waals surface area contributed by atoms with E-state index in [4.69, 9.17) is 5.26 Å². The number of nitrogens with zero attached hydrogens (tertiary/aromatic N) is 1. The highest BCUT2D eigenvalue weighted by molar-refractivity contribution is 7.93. The summed E-state index contributed by atoms with van der Waals surface area (Å²) in [4.78, 5) is -0.726. The van der Waals surface area contributed by atoms with Crippen molar-refractivity contribution in [1.82, 2.24) is 0 Å². The van der Waals surface area contributed by atoms with Crippen LogP contribution in [-0.2, 0) is 9.84 Å². The summed E-state index contributed by atoms with van der Waals surface area (Å²) in [5, 5.41) is 9.12. The molecule has 1 aromatic rings. The lowest BCUT2D eigenvalue weighted by Gasteiger charge is -2.41. The minimum Gasteiger partial charge on any atom is -0.222 e. The summed E-state index contributed by atoms with van der Waals surface area (Å²) in [6.07, 6.45) is 0.743. The van der Waals surface area contributed by atoms with Gasteiger partial charge in [-0.25, -0.2) is 17.2 Å². The summed E-state index contributed by atoms with van der Waals surface area (Å²) < 4.78 is 49.7. The predicted molar refractivity (Wildman–Crippen MR) is 60.3 cm³/mol. The number of sulfone groups is 1. The van der Waals surface area contributed by atoms with Crippen LogP contribution < -0.4 is 0 Å². The zero-order valence-electron chi connectivity index (χ0n) is 9.65. The van der Waals surface area contributed by atoms with Crippen LogP contribution in [0.15, 0.2) is 23.1 Å². The summed E-state index contributed by atoms with van der Waals surface area (Å²) in [6.45, 7) is 1.63. The van der Waals surface area contributed by atoms with Crippen LogP contribution in [-0.4, -0.2) is 13.2 Å². The third-order valence-electron chi connectivity index (χ3n) is 3.60. The molecule has 0 spiro atoms. The lowest BCUT2D eigenvalue weighted by molar-refractivity contribution is 0.279. The highest BCUT2D eigenvalue weighted by Crippen LogP contribution is 2.47. The number of hydrogen-bond acceptors (Lipinski definition) is 3. The molecule has 1 saturated carbocycles. The second-order valence-electron chi connectivity index (χ2n) is 4.52. The average molecular weight is 271 g/mol. The minimum atomic E-state index is -4.19. The van der Waals surface area contributed by atoms with Gasteiger partial charge >= 0.3 is 0 Å². The van der Waals surface area contributed by atoms with Gasteiger partial charge in [-0.05, 0) is 37.0 Å². The number of nitriles is 1. The van der Waals surface area contributed by atoms with Crippen molar-refractivity contribution in [2.45, 2.75) is 29.4 Å². The van der Waals surface area contributed by atoms with E-state index in [1.54, 1.807) is 13.0 Å². The highest BCUT2D eigenvalue weighted by atomic mass is 32.2. The maximum Gasteiger partial charge on any atom is 0.200 e. The topological polar surface area (TPSA) is 57.9 Å². The molecule has 18 heavy (non-hydrogen) atoms. The summed E-state index contributed by atoms with van der Waals surface area (Å²) in [5.74, 6) is -2.24. The first-order valence-electron chi connectivity index (χ1n) is 5.46. The van der Waals surface area contributed by atoms with Crippen LogP contribution in [0.2, 0.25) is 0 Å². The Kier molecular flexibility index (Phi) is 2.90. The normalized spacial score (nSPS) is 27.3. The van der Waals surface area contributed by atoms with E-state index in [0.29, 0.717) is 12.5 Å². The monoisotopic (exact) mass is 271 g/mol. The van der Waals surface area contributed by atoms with Crippen LogP contribution in [0.3, 0.4) is 0 Å². The molecule has 0 N–H and O–H groups in total. The Morgan fingerprint density at radius 2 is 2.11 bits per heavy atom. The van der Waals surface area contributed by atoms with E-state index in [1.165, 1.54) is 0 Å². The Hall–Kier alpha value is -1.48. The van der Waals surface area contributed by atoms with Gasteiger partial charge in [-0.3, -0.25) is 0 Å². The number of rotatable bonds is 2. The molecule has 2 unspecified atom stereocenters. The van der Waals surface area contributed by atoms with Crippen molar-refractivity contribution in [3.8, 4) is 6.07 Å². The van der Waals surface area contributed by atoms with Gasteiger partial charge in [0.1, 0.15) is 16.5 Å². The molecule has 96 valence electrons. The molecule has 0 aromatic heterocycles. The molecule has 0 aliphatic heterocycles. The highest BCUT2D eigenvalue weighted by Gasteiger charge is 2.56. The second kappa shape index (κ2) is 4.02. The van der Waals surface area contributed by atoms with Crippen molar-refractivity contribution in [2.24, 2.45) is 5.92 Å². The van der Waals surface area contributed by atoms with Gasteiger partial charge in [0, 0.05) is 0 Å². The number of hydrogen-bond donors (Lipinski definition) is 0. The fourth-order valence-corrected chi connectivity index (χ4v) is 4.34. The first-order valence-corrected chi connectivity index (χ1v) is 6.94. The van der Waals surface area contributed by atoms with Crippen LogP contribution in [0.25, 0.3) is 0 Å². The van der Waals surface area contributed by atoms with Gasteiger partial charge in [-0.2, -0.15) is 5.26 Å². The Morgan fingerprint density at radius 1 is 1.44 bits per heavy atom. The molecule has 0 heterocycles. The van der Waals surface area contributed by atoms with Crippen LogP contribution in [0.5, 0.6) is 0 Å². The number of halogens is 2. The molecule has 6 heteroatoms. The molecule has 1 aliphatic rings. The van der Waals surface area contributed by atoms with Crippen LogP contribution in [0, 0.1) is 28.9 Å². The van der Waals surface area contributed by atoms with Crippen molar-refractivity contribution < 1.29 is 17.2 Å². The molecule has 1 fully saturated rings. The van der Waals surface area contributed by atoms with Gasteiger partial charge in [0.25, 0.3) is 0 Å². The maximum absolute atomic E-state index is 13.6. The van der Waals surface area contributed by atoms with Gasteiger partial charge in [0.15, 0.2) is 4.75 Å². The lowest BCUT2D eigenvalue weighted by Crippen LogP contribution is -2.51. The Bertz CT molecular complexity index is 636. The maximum atomic E-state index is 13.6. The molecule has 2 rings (SSSR count). The summed E-state index contributed by atoms with van der Waals surface area (Å²) >= 11 is 0. The van der Waals surface area contributed by atoms with E-state index in [1.807, 2.05) is 0 Å². The van der Waals surface area contributed by atoms with Crippen LogP contribution in [0.1, 0.15) is 19.8 Å². The van der Waals surface area contributed by atoms with Crippen molar-refractivity contribution in [2.75, 3.05) is 0 Å². The average Bonchev–Trinajstić information content (AvgIpc) is 2.31. The lowest BCUT2D eigenvalue weighted by atomic mass is 9.75. The van der Waals surface area contributed by atoms with E-state index in [2.05, 4.69) is 0 Å². The van der Waals surface area contributed by atoms with Gasteiger partial charge in [-0.1, -0.05) is 6.92 Å². The molecule has 1 aliphatic carbocycles. The molecule has 0 amide bonds. The molecular formula is C12H11F2NO2S. The second-order valence-corrected chi connectivity index (χ2v) is 6.69. The summed E-state index contributed by atoms with van der Waals surface area (Å²) in [7, 11) is -4.19. The van der Waals surface area contributed by atoms with Gasteiger partial charge in [0.2, 0.25) is 9.84 Å². The summed E-state index contributed by atoms with van der Waals surface area (Å²) in [6, 6.07) is 4.01. The summed E-state index contributed by atoms with van der Waals surface area (Å²) in [5.41, 5.74) is 0. The van der Waals surface area contributed by atoms with Crippen LogP contribution >= 0.6 is 0 Å². The van der Waals surface area contributed by atoms with E-state index < -0.39 is 31.1 Å². The van der Waals surface area contributed by atoms with E-state index >= 15 is 0 Å². The fraction of sp³-hybridized carbons (Fsp3) is 0.417. The molecule has 1 aromatic carbocycles. The third-order valence-corrected chi connectivity index (χ3v) is 6.15. The smallest absolute Gasteiger partial charge is 0.200 e. The van der Waals surface area contributed by atoms with Crippen LogP contribution in [0.4, 0.5) is 8.78 Å². The van der Waals surface area contributed by atoms with Crippen molar-refractivity contribution in [3.63, 3.8) is 0 Å². The Morgan fingerprint density at radius 3 is 2.56 bits per heavy atom. The van der Waals surface area contributed by atoms with E-state index in [0.717, 1.165) is 12.1 Å². The molecular weight excluding hydrogens is 260 g/mol. The van der Waals surface area contributed by atoms with Gasteiger partial charge in [0.05, 0.1) is 6.07 Å². The SMILES string of the molecule is CC1CCC1(C#N)S(=O)(=O)c1cc(F)ccc1F. The Balaban J connectivity index is 2.63. The molecule has 0 saturated heterocycles. The Labute approximate surface area is 104 Å².